The molecule has 53 valence electrons. The summed E-state index contributed by atoms with van der Waals surface area (Å²) in [4.78, 5) is 0. The van der Waals surface area contributed by atoms with Crippen LogP contribution >= 0.6 is 15.9 Å². The van der Waals surface area contributed by atoms with E-state index in [1.165, 1.54) is 5.56 Å². The van der Waals surface area contributed by atoms with Gasteiger partial charge < -0.3 is 4.74 Å². The van der Waals surface area contributed by atoms with Gasteiger partial charge in [-0.2, -0.15) is 0 Å². The summed E-state index contributed by atoms with van der Waals surface area (Å²) in [6, 6.07) is 7.78. The van der Waals surface area contributed by atoms with Gasteiger partial charge in [0.2, 0.25) is 0 Å². The van der Waals surface area contributed by atoms with Crippen molar-refractivity contribution in [2.75, 3.05) is 0 Å². The Kier molecular flexibility index (Phi) is 2.75. The minimum atomic E-state index is 0.796. The molecule has 0 aromatic heterocycles. The molecule has 1 radical (unpaired) electrons. The highest BCUT2D eigenvalue weighted by Gasteiger charge is 1.89. The monoisotopic (exact) mass is 199 g/mol. The number of ether oxygens (including phenoxy) is 1. The van der Waals surface area contributed by atoms with Gasteiger partial charge in [0.15, 0.2) is 0 Å². The molecule has 0 aliphatic rings. The average molecular weight is 200 g/mol. The van der Waals surface area contributed by atoms with Crippen molar-refractivity contribution in [3.63, 3.8) is 0 Å². The van der Waals surface area contributed by atoms with Crippen LogP contribution in [0.25, 0.3) is 0 Å². The SMILES string of the molecule is [CH2]Oc1ccc(CBr)cc1. The summed E-state index contributed by atoms with van der Waals surface area (Å²) < 4.78 is 4.75. The van der Waals surface area contributed by atoms with Gasteiger partial charge in [0.25, 0.3) is 0 Å². The summed E-state index contributed by atoms with van der Waals surface area (Å²) in [5.74, 6) is 0.796. The van der Waals surface area contributed by atoms with E-state index in [2.05, 4.69) is 23.0 Å². The lowest BCUT2D eigenvalue weighted by Crippen LogP contribution is -1.79. The van der Waals surface area contributed by atoms with Crippen LogP contribution in [0.5, 0.6) is 5.75 Å². The molecule has 0 atom stereocenters. The van der Waals surface area contributed by atoms with Gasteiger partial charge in [0, 0.05) is 5.33 Å². The maximum atomic E-state index is 4.75. The first-order chi connectivity index (χ1) is 4.86. The number of rotatable bonds is 2. The molecule has 0 spiro atoms. The van der Waals surface area contributed by atoms with Crippen molar-refractivity contribution >= 4 is 15.9 Å². The normalized spacial score (nSPS) is 9.40. The summed E-state index contributed by atoms with van der Waals surface area (Å²) in [7, 11) is 3.30. The zero-order valence-corrected chi connectivity index (χ0v) is 7.10. The van der Waals surface area contributed by atoms with Gasteiger partial charge in [0.1, 0.15) is 12.9 Å². The maximum absolute atomic E-state index is 4.75. The fourth-order valence-electron chi connectivity index (χ4n) is 0.675. The van der Waals surface area contributed by atoms with E-state index < -0.39 is 0 Å². The van der Waals surface area contributed by atoms with Crippen molar-refractivity contribution in [2.45, 2.75) is 5.33 Å². The highest BCUT2D eigenvalue weighted by atomic mass is 79.9. The Morgan fingerprint density at radius 2 is 1.90 bits per heavy atom. The van der Waals surface area contributed by atoms with Crippen LogP contribution < -0.4 is 4.74 Å². The van der Waals surface area contributed by atoms with Crippen molar-refractivity contribution in [3.8, 4) is 5.75 Å². The topological polar surface area (TPSA) is 9.23 Å². The smallest absolute Gasteiger partial charge is 0.122 e. The molecular formula is C8H8BrO. The minimum absolute atomic E-state index is 0.796. The second kappa shape index (κ2) is 3.62. The van der Waals surface area contributed by atoms with Crippen molar-refractivity contribution in [1.29, 1.82) is 0 Å². The van der Waals surface area contributed by atoms with Gasteiger partial charge in [-0.25, -0.2) is 0 Å². The number of halogens is 1. The van der Waals surface area contributed by atoms with Crippen molar-refractivity contribution in [1.82, 2.24) is 0 Å². The van der Waals surface area contributed by atoms with Gasteiger partial charge in [-0.05, 0) is 17.7 Å². The Hall–Kier alpha value is -0.500. The molecule has 2 heteroatoms. The summed E-state index contributed by atoms with van der Waals surface area (Å²) >= 11 is 3.35. The maximum Gasteiger partial charge on any atom is 0.122 e. The fraction of sp³-hybridized carbons (Fsp3) is 0.125. The van der Waals surface area contributed by atoms with Crippen LogP contribution in [-0.2, 0) is 5.33 Å². The Morgan fingerprint density at radius 1 is 1.30 bits per heavy atom. The molecule has 0 bridgehead atoms. The van der Waals surface area contributed by atoms with E-state index in [0.29, 0.717) is 0 Å². The number of hydrogen-bond donors (Lipinski definition) is 0. The summed E-state index contributed by atoms with van der Waals surface area (Å²) in [6.07, 6.45) is 0. The van der Waals surface area contributed by atoms with Gasteiger partial charge in [-0.15, -0.1) is 0 Å². The van der Waals surface area contributed by atoms with Crippen LogP contribution in [0.15, 0.2) is 24.3 Å². The molecule has 0 saturated heterocycles. The first kappa shape index (κ1) is 7.61. The van der Waals surface area contributed by atoms with Crippen LogP contribution in [0, 0.1) is 7.11 Å². The second-order valence-corrected chi connectivity index (χ2v) is 2.48. The molecule has 0 N–H and O–H groups in total. The largest absolute Gasteiger partial charge is 0.490 e. The standard InChI is InChI=1S/C8H8BrO/c1-10-8-4-2-7(6-9)3-5-8/h2-5H,1,6H2. The Labute approximate surface area is 69.1 Å². The Balaban J connectivity index is 2.80. The van der Waals surface area contributed by atoms with Gasteiger partial charge in [-0.3, -0.25) is 0 Å². The first-order valence-corrected chi connectivity index (χ1v) is 4.06. The molecular weight excluding hydrogens is 192 g/mol. The molecule has 1 aromatic rings. The number of benzene rings is 1. The third-order valence-corrected chi connectivity index (χ3v) is 1.89. The summed E-state index contributed by atoms with van der Waals surface area (Å²) in [5, 5.41) is 0.879. The third-order valence-electron chi connectivity index (χ3n) is 1.24. The second-order valence-electron chi connectivity index (χ2n) is 1.92. The van der Waals surface area contributed by atoms with Crippen LogP contribution in [0.3, 0.4) is 0 Å². The minimum Gasteiger partial charge on any atom is -0.490 e. The lowest BCUT2D eigenvalue weighted by molar-refractivity contribution is 0.473. The number of hydrogen-bond acceptors (Lipinski definition) is 1. The molecule has 0 amide bonds. The lowest BCUT2D eigenvalue weighted by Gasteiger charge is -1.98. The molecule has 10 heavy (non-hydrogen) atoms. The molecule has 0 saturated carbocycles. The number of alkyl halides is 1. The van der Waals surface area contributed by atoms with E-state index >= 15 is 0 Å². The van der Waals surface area contributed by atoms with Crippen molar-refractivity contribution in [2.24, 2.45) is 0 Å². The van der Waals surface area contributed by atoms with Crippen LogP contribution in [0.2, 0.25) is 0 Å². The van der Waals surface area contributed by atoms with Gasteiger partial charge in [-0.1, -0.05) is 28.1 Å². The zero-order chi connectivity index (χ0) is 7.40. The van der Waals surface area contributed by atoms with Crippen LogP contribution in [-0.4, -0.2) is 0 Å². The zero-order valence-electron chi connectivity index (χ0n) is 5.51. The molecule has 0 aliphatic heterocycles. The molecule has 0 fully saturated rings. The molecule has 1 aromatic carbocycles. The van der Waals surface area contributed by atoms with E-state index in [0.717, 1.165) is 11.1 Å². The predicted molar refractivity (Wildman–Crippen MR) is 45.1 cm³/mol. The van der Waals surface area contributed by atoms with E-state index in [1.807, 2.05) is 24.3 Å². The lowest BCUT2D eigenvalue weighted by atomic mass is 10.2. The predicted octanol–water partition coefficient (Wildman–Crippen LogP) is 2.75. The van der Waals surface area contributed by atoms with Crippen LogP contribution in [0.1, 0.15) is 5.56 Å². The quantitative estimate of drug-likeness (QED) is 0.667. The van der Waals surface area contributed by atoms with E-state index in [9.17, 15) is 0 Å². The first-order valence-electron chi connectivity index (χ1n) is 2.93. The Bertz CT molecular complexity index is 170. The molecule has 1 nitrogen and oxygen atoms in total. The summed E-state index contributed by atoms with van der Waals surface area (Å²) in [5.41, 5.74) is 1.24. The molecule has 0 unspecified atom stereocenters. The highest BCUT2D eigenvalue weighted by Crippen LogP contribution is 2.13. The van der Waals surface area contributed by atoms with E-state index in [1.54, 1.807) is 0 Å². The molecule has 1 rings (SSSR count). The summed E-state index contributed by atoms with van der Waals surface area (Å²) in [6.45, 7) is 0. The van der Waals surface area contributed by atoms with Crippen molar-refractivity contribution < 1.29 is 4.74 Å². The molecule has 0 aliphatic carbocycles. The van der Waals surface area contributed by atoms with Crippen LogP contribution in [0.4, 0.5) is 0 Å². The van der Waals surface area contributed by atoms with Gasteiger partial charge >= 0.3 is 0 Å². The van der Waals surface area contributed by atoms with E-state index in [-0.39, 0.29) is 0 Å². The van der Waals surface area contributed by atoms with E-state index in [4.69, 9.17) is 4.74 Å². The highest BCUT2D eigenvalue weighted by molar-refractivity contribution is 9.08. The fourth-order valence-corrected chi connectivity index (χ4v) is 1.05. The third kappa shape index (κ3) is 1.74. The molecule has 0 heterocycles. The van der Waals surface area contributed by atoms with Crippen molar-refractivity contribution in [3.05, 3.63) is 36.9 Å². The van der Waals surface area contributed by atoms with Gasteiger partial charge in [0.05, 0.1) is 0 Å². The Morgan fingerprint density at radius 3 is 2.30 bits per heavy atom. The average Bonchev–Trinajstić information content (AvgIpc) is 2.05.